The molecule has 0 aliphatic heterocycles. The Kier molecular flexibility index (Phi) is 3.80. The van der Waals surface area contributed by atoms with Gasteiger partial charge in [-0.25, -0.2) is 9.78 Å². The number of methoxy groups -OCH3 is 1. The fourth-order valence-electron chi connectivity index (χ4n) is 1.97. The summed E-state index contributed by atoms with van der Waals surface area (Å²) in [7, 11) is 1.26. The summed E-state index contributed by atoms with van der Waals surface area (Å²) in [4.78, 5) is 30.8. The molecule has 2 rings (SSSR count). The van der Waals surface area contributed by atoms with E-state index in [1.54, 1.807) is 17.6 Å². The van der Waals surface area contributed by atoms with Crippen molar-refractivity contribution in [2.24, 2.45) is 0 Å². The van der Waals surface area contributed by atoms with Crippen molar-refractivity contribution >= 4 is 29.2 Å². The lowest BCUT2D eigenvalue weighted by Gasteiger charge is -2.11. The fraction of sp³-hybridized carbons (Fsp3) is 0.231. The smallest absolute Gasteiger partial charge is 0.338 e. The molecule has 1 N–H and O–H groups in total. The number of aryl methyl sites for hydroxylation is 1. The largest absolute Gasteiger partial charge is 0.465 e. The topological polar surface area (TPSA) is 77.0 Å². The van der Waals surface area contributed by atoms with Crippen LogP contribution in [0.1, 0.15) is 16.1 Å². The van der Waals surface area contributed by atoms with Crippen LogP contribution in [0.15, 0.2) is 23.5 Å². The Morgan fingerprint density at radius 2 is 2.35 bits per heavy atom. The van der Waals surface area contributed by atoms with Gasteiger partial charge in [-0.3, -0.25) is 14.3 Å². The molecule has 2 aromatic heterocycles. The lowest BCUT2D eigenvalue weighted by molar-refractivity contribution is 0.0602. The average molecular weight is 291 g/mol. The standard InChI is InChI=1S/C13H13N3O3S/c1-4-5-16-10-9(11(17)15-13(16)20)8(12(18)19-3)6-7(2)14-10/h4,6H,1,5H2,2-3H3,(H,15,17,20). The van der Waals surface area contributed by atoms with Crippen molar-refractivity contribution in [1.82, 2.24) is 14.5 Å². The molecule has 0 fully saturated rings. The lowest BCUT2D eigenvalue weighted by atomic mass is 10.1. The zero-order valence-electron chi connectivity index (χ0n) is 11.1. The molecule has 0 atom stereocenters. The molecular weight excluding hydrogens is 278 g/mol. The monoisotopic (exact) mass is 291 g/mol. The minimum absolute atomic E-state index is 0.165. The number of aromatic nitrogens is 3. The number of carbonyl (C=O) groups is 1. The predicted octanol–water partition coefficient (Wildman–Crippen LogP) is 1.74. The van der Waals surface area contributed by atoms with Gasteiger partial charge >= 0.3 is 5.97 Å². The van der Waals surface area contributed by atoms with Crippen LogP contribution in [0, 0.1) is 11.7 Å². The molecule has 7 heteroatoms. The highest BCUT2D eigenvalue weighted by molar-refractivity contribution is 7.71. The van der Waals surface area contributed by atoms with Crippen LogP contribution in [-0.4, -0.2) is 27.6 Å². The molecule has 2 aromatic rings. The van der Waals surface area contributed by atoms with Crippen molar-refractivity contribution in [2.45, 2.75) is 13.5 Å². The van der Waals surface area contributed by atoms with Gasteiger partial charge < -0.3 is 4.74 Å². The van der Waals surface area contributed by atoms with Crippen molar-refractivity contribution < 1.29 is 9.53 Å². The van der Waals surface area contributed by atoms with Gasteiger partial charge in [-0.15, -0.1) is 6.58 Å². The van der Waals surface area contributed by atoms with Gasteiger partial charge in [0.05, 0.1) is 18.1 Å². The van der Waals surface area contributed by atoms with Crippen LogP contribution in [-0.2, 0) is 11.3 Å². The van der Waals surface area contributed by atoms with E-state index in [-0.39, 0.29) is 15.7 Å². The summed E-state index contributed by atoms with van der Waals surface area (Å²) in [6.45, 7) is 5.75. The van der Waals surface area contributed by atoms with Crippen LogP contribution < -0.4 is 5.56 Å². The summed E-state index contributed by atoms with van der Waals surface area (Å²) in [5, 5.41) is 0.165. The number of aromatic amines is 1. The Bertz CT molecular complexity index is 820. The molecule has 0 bridgehead atoms. The predicted molar refractivity (Wildman–Crippen MR) is 77.5 cm³/mol. The summed E-state index contributed by atoms with van der Waals surface area (Å²) in [6.07, 6.45) is 1.63. The Morgan fingerprint density at radius 1 is 1.65 bits per heavy atom. The van der Waals surface area contributed by atoms with E-state index in [0.29, 0.717) is 17.9 Å². The van der Waals surface area contributed by atoms with Crippen LogP contribution in [0.2, 0.25) is 0 Å². The first-order valence-corrected chi connectivity index (χ1v) is 6.24. The number of allylic oxidation sites excluding steroid dienone is 1. The van der Waals surface area contributed by atoms with Gasteiger partial charge in [0.1, 0.15) is 5.65 Å². The van der Waals surface area contributed by atoms with Crippen molar-refractivity contribution in [1.29, 1.82) is 0 Å². The maximum atomic E-state index is 12.1. The number of ether oxygens (including phenoxy) is 1. The van der Waals surface area contributed by atoms with Crippen LogP contribution >= 0.6 is 12.2 Å². The zero-order chi connectivity index (χ0) is 14.9. The number of pyridine rings is 1. The van der Waals surface area contributed by atoms with Gasteiger partial charge in [-0.2, -0.15) is 0 Å². The number of H-pyrrole nitrogens is 1. The summed E-state index contributed by atoms with van der Waals surface area (Å²) in [5.41, 5.74) is 0.650. The maximum absolute atomic E-state index is 12.1. The van der Waals surface area contributed by atoms with Gasteiger partial charge in [-0.1, -0.05) is 6.08 Å². The summed E-state index contributed by atoms with van der Waals surface area (Å²) >= 11 is 5.12. The molecule has 0 aromatic carbocycles. The Hall–Kier alpha value is -2.28. The van der Waals surface area contributed by atoms with Gasteiger partial charge in [0.15, 0.2) is 4.77 Å². The van der Waals surface area contributed by atoms with Crippen molar-refractivity contribution in [3.05, 3.63) is 45.1 Å². The second kappa shape index (κ2) is 5.38. The second-order valence-electron chi connectivity index (χ2n) is 4.16. The van der Waals surface area contributed by atoms with E-state index >= 15 is 0 Å². The van der Waals surface area contributed by atoms with E-state index < -0.39 is 11.5 Å². The fourth-order valence-corrected chi connectivity index (χ4v) is 2.22. The van der Waals surface area contributed by atoms with E-state index in [1.165, 1.54) is 13.2 Å². The molecule has 0 radical (unpaired) electrons. The van der Waals surface area contributed by atoms with Crippen LogP contribution in [0.4, 0.5) is 0 Å². The normalized spacial score (nSPS) is 10.5. The number of hydrogen-bond donors (Lipinski definition) is 1. The van der Waals surface area contributed by atoms with Gasteiger partial charge in [-0.05, 0) is 25.2 Å². The quantitative estimate of drug-likeness (QED) is 0.529. The molecule has 0 amide bonds. The third-order valence-corrected chi connectivity index (χ3v) is 3.12. The van der Waals surface area contributed by atoms with E-state index in [2.05, 4.69) is 16.5 Å². The highest BCUT2D eigenvalue weighted by Crippen LogP contribution is 2.16. The van der Waals surface area contributed by atoms with Crippen molar-refractivity contribution in [3.63, 3.8) is 0 Å². The number of hydrogen-bond acceptors (Lipinski definition) is 5. The van der Waals surface area contributed by atoms with Gasteiger partial charge in [0.25, 0.3) is 5.56 Å². The minimum Gasteiger partial charge on any atom is -0.465 e. The number of fused-ring (bicyclic) bond motifs is 1. The molecule has 0 aliphatic rings. The molecule has 0 saturated carbocycles. The number of nitrogens with one attached hydrogen (secondary N) is 1. The minimum atomic E-state index is -0.590. The molecule has 20 heavy (non-hydrogen) atoms. The Labute approximate surface area is 119 Å². The van der Waals surface area contributed by atoms with Gasteiger partial charge in [0.2, 0.25) is 0 Å². The van der Waals surface area contributed by atoms with Crippen LogP contribution in [0.5, 0.6) is 0 Å². The van der Waals surface area contributed by atoms with E-state index in [4.69, 9.17) is 17.0 Å². The zero-order valence-corrected chi connectivity index (χ0v) is 11.9. The van der Waals surface area contributed by atoms with Gasteiger partial charge in [0, 0.05) is 12.2 Å². The first-order chi connectivity index (χ1) is 9.49. The highest BCUT2D eigenvalue weighted by Gasteiger charge is 2.17. The molecule has 0 spiro atoms. The number of rotatable bonds is 3. The molecular formula is C13H13N3O3S. The molecule has 0 saturated heterocycles. The number of carbonyl (C=O) groups excluding carboxylic acids is 1. The van der Waals surface area contributed by atoms with Crippen molar-refractivity contribution in [3.8, 4) is 0 Å². The van der Waals surface area contributed by atoms with Crippen LogP contribution in [0.3, 0.4) is 0 Å². The maximum Gasteiger partial charge on any atom is 0.338 e. The number of nitrogens with zero attached hydrogens (tertiary/aromatic N) is 2. The molecule has 2 heterocycles. The van der Waals surface area contributed by atoms with E-state index in [0.717, 1.165) is 0 Å². The first-order valence-electron chi connectivity index (χ1n) is 5.83. The Morgan fingerprint density at radius 3 is 2.95 bits per heavy atom. The SMILES string of the molecule is C=CCn1c(=S)[nH]c(=O)c2c(C(=O)OC)cc(C)nc21. The molecule has 104 valence electrons. The molecule has 0 aliphatic carbocycles. The Balaban J connectivity index is 3.02. The summed E-state index contributed by atoms with van der Waals surface area (Å²) in [5.74, 6) is -0.590. The summed E-state index contributed by atoms with van der Waals surface area (Å²) < 4.78 is 6.55. The van der Waals surface area contributed by atoms with Crippen molar-refractivity contribution in [2.75, 3.05) is 7.11 Å². The van der Waals surface area contributed by atoms with Crippen LogP contribution in [0.25, 0.3) is 11.0 Å². The second-order valence-corrected chi connectivity index (χ2v) is 4.55. The molecule has 6 nitrogen and oxygen atoms in total. The third-order valence-electron chi connectivity index (χ3n) is 2.79. The average Bonchev–Trinajstić information content (AvgIpc) is 2.41. The van der Waals surface area contributed by atoms with E-state index in [9.17, 15) is 9.59 Å². The number of esters is 1. The first kappa shape index (κ1) is 14.1. The highest BCUT2D eigenvalue weighted by atomic mass is 32.1. The summed E-state index contributed by atoms with van der Waals surface area (Å²) in [6, 6.07) is 1.52. The third kappa shape index (κ3) is 2.27. The lowest BCUT2D eigenvalue weighted by Crippen LogP contribution is -2.19. The van der Waals surface area contributed by atoms with E-state index in [1.807, 2.05) is 0 Å². The molecule has 0 unspecified atom stereocenters.